The van der Waals surface area contributed by atoms with E-state index < -0.39 is 10.8 Å². The number of carbonyl (C=O) groups excluding carboxylic acids is 1. The number of benzene rings is 2. The van der Waals surface area contributed by atoms with Crippen molar-refractivity contribution in [1.29, 1.82) is 0 Å². The molecule has 2 rings (SSSR count). The number of para-hydroxylation sites is 1. The summed E-state index contributed by atoms with van der Waals surface area (Å²) in [6.07, 6.45) is 0. The van der Waals surface area contributed by atoms with Gasteiger partial charge >= 0.3 is 0 Å². The molecule has 3 N–H and O–H groups in total. The van der Waals surface area contributed by atoms with Crippen molar-refractivity contribution in [2.45, 2.75) is 6.54 Å². The monoisotopic (exact) mass is 305 g/mol. The van der Waals surface area contributed by atoms with Crippen molar-refractivity contribution in [3.8, 4) is 0 Å². The van der Waals surface area contributed by atoms with E-state index in [-0.39, 0.29) is 23.5 Å². The maximum Gasteiger partial charge on any atom is 0.292 e. The Morgan fingerprint density at radius 1 is 1.24 bits per heavy atom. The predicted molar refractivity (Wildman–Crippen MR) is 80.1 cm³/mol. The molecule has 0 fully saturated rings. The Balaban J connectivity index is 2.16. The minimum absolute atomic E-state index is 0.0660. The zero-order chi connectivity index (χ0) is 15.4. The minimum Gasteiger partial charge on any atom is -0.393 e. The predicted octanol–water partition coefficient (Wildman–Crippen LogP) is 2.76. The van der Waals surface area contributed by atoms with Gasteiger partial charge in [-0.05, 0) is 17.7 Å². The molecule has 0 saturated heterocycles. The van der Waals surface area contributed by atoms with E-state index in [9.17, 15) is 14.9 Å². The average molecular weight is 306 g/mol. The molecular formula is C14H12ClN3O3. The van der Waals surface area contributed by atoms with Gasteiger partial charge in [0.05, 0.1) is 10.5 Å². The highest BCUT2D eigenvalue weighted by molar-refractivity contribution is 6.31. The van der Waals surface area contributed by atoms with Crippen LogP contribution in [0.3, 0.4) is 0 Å². The lowest BCUT2D eigenvalue weighted by Crippen LogP contribution is -2.24. The molecule has 0 heterocycles. The summed E-state index contributed by atoms with van der Waals surface area (Å²) in [6.45, 7) is 0.209. The van der Waals surface area contributed by atoms with E-state index in [0.29, 0.717) is 5.02 Å². The van der Waals surface area contributed by atoms with Gasteiger partial charge < -0.3 is 11.1 Å². The molecule has 6 nitrogen and oxygen atoms in total. The maximum atomic E-state index is 12.1. The van der Waals surface area contributed by atoms with Gasteiger partial charge in [0.25, 0.3) is 11.6 Å². The fourth-order valence-electron chi connectivity index (χ4n) is 1.82. The highest BCUT2D eigenvalue weighted by atomic mass is 35.5. The number of nitrogen functional groups attached to an aromatic ring is 1. The normalized spacial score (nSPS) is 10.1. The molecule has 0 aliphatic heterocycles. The zero-order valence-corrected chi connectivity index (χ0v) is 11.6. The van der Waals surface area contributed by atoms with Gasteiger partial charge in [-0.3, -0.25) is 14.9 Å². The molecule has 0 atom stereocenters. The average Bonchev–Trinajstić information content (AvgIpc) is 2.46. The van der Waals surface area contributed by atoms with Crippen molar-refractivity contribution in [1.82, 2.24) is 5.32 Å². The van der Waals surface area contributed by atoms with Crippen molar-refractivity contribution in [2.75, 3.05) is 5.73 Å². The second-order valence-corrected chi connectivity index (χ2v) is 4.68. The van der Waals surface area contributed by atoms with Crippen LogP contribution in [0.15, 0.2) is 42.5 Å². The van der Waals surface area contributed by atoms with Crippen LogP contribution in [0.4, 0.5) is 11.4 Å². The third-order valence-corrected chi connectivity index (χ3v) is 3.29. The van der Waals surface area contributed by atoms with Crippen LogP contribution in [-0.2, 0) is 6.54 Å². The van der Waals surface area contributed by atoms with Gasteiger partial charge in [0, 0.05) is 17.6 Å². The second-order valence-electron chi connectivity index (χ2n) is 4.27. The fraction of sp³-hybridized carbons (Fsp3) is 0.0714. The summed E-state index contributed by atoms with van der Waals surface area (Å²) in [4.78, 5) is 22.2. The summed E-state index contributed by atoms with van der Waals surface area (Å²) < 4.78 is 0. The number of nitro groups is 1. The van der Waals surface area contributed by atoms with Crippen LogP contribution >= 0.6 is 11.6 Å². The lowest BCUT2D eigenvalue weighted by molar-refractivity contribution is -0.383. The van der Waals surface area contributed by atoms with Crippen LogP contribution in [-0.4, -0.2) is 10.8 Å². The first kappa shape index (κ1) is 14.8. The van der Waals surface area contributed by atoms with Crippen molar-refractivity contribution in [2.24, 2.45) is 0 Å². The summed E-state index contributed by atoms with van der Waals surface area (Å²) >= 11 is 5.99. The van der Waals surface area contributed by atoms with Crippen molar-refractivity contribution in [3.63, 3.8) is 0 Å². The Kier molecular flexibility index (Phi) is 4.39. The number of nitro benzene ring substituents is 1. The Bertz CT molecular complexity index is 704. The third-order valence-electron chi connectivity index (χ3n) is 2.92. The van der Waals surface area contributed by atoms with Gasteiger partial charge in [0.15, 0.2) is 0 Å². The quantitative estimate of drug-likeness (QED) is 0.515. The molecule has 108 valence electrons. The number of hydrogen-bond donors (Lipinski definition) is 2. The van der Waals surface area contributed by atoms with E-state index in [4.69, 9.17) is 17.3 Å². The van der Waals surface area contributed by atoms with Crippen molar-refractivity contribution in [3.05, 3.63) is 68.7 Å². The summed E-state index contributed by atoms with van der Waals surface area (Å²) in [5.74, 6) is -0.490. The fourth-order valence-corrected chi connectivity index (χ4v) is 2.03. The van der Waals surface area contributed by atoms with Crippen molar-refractivity contribution >= 4 is 28.9 Å². The van der Waals surface area contributed by atoms with Crippen molar-refractivity contribution < 1.29 is 9.72 Å². The lowest BCUT2D eigenvalue weighted by atomic mass is 10.1. The number of hydrogen-bond acceptors (Lipinski definition) is 4. The Morgan fingerprint density at radius 2 is 1.95 bits per heavy atom. The van der Waals surface area contributed by atoms with E-state index >= 15 is 0 Å². The van der Waals surface area contributed by atoms with Gasteiger partial charge in [-0.2, -0.15) is 0 Å². The van der Waals surface area contributed by atoms with E-state index in [1.807, 2.05) is 0 Å². The number of anilines is 1. The molecule has 0 unspecified atom stereocenters. The molecule has 0 radical (unpaired) electrons. The molecule has 0 aliphatic carbocycles. The number of rotatable bonds is 4. The molecule has 2 aromatic rings. The standard InChI is InChI=1S/C14H12ClN3O3/c15-11-6-2-1-4-9(11)8-17-14(19)10-5-3-7-12(13(10)16)18(20)21/h1-7H,8,16H2,(H,17,19). The molecule has 0 aromatic heterocycles. The number of nitrogens with zero attached hydrogens (tertiary/aromatic N) is 1. The van der Waals surface area contributed by atoms with Crippen LogP contribution in [0.2, 0.25) is 5.02 Å². The Labute approximate surface area is 125 Å². The largest absolute Gasteiger partial charge is 0.393 e. The Hall–Kier alpha value is -2.60. The van der Waals surface area contributed by atoms with Crippen LogP contribution in [0, 0.1) is 10.1 Å². The molecule has 0 bridgehead atoms. The van der Waals surface area contributed by atoms with Gasteiger partial charge in [0.1, 0.15) is 5.69 Å². The van der Waals surface area contributed by atoms with E-state index in [0.717, 1.165) is 5.56 Å². The van der Waals surface area contributed by atoms with Gasteiger partial charge in [-0.1, -0.05) is 35.9 Å². The molecule has 0 saturated carbocycles. The first-order valence-corrected chi connectivity index (χ1v) is 6.43. The second kappa shape index (κ2) is 6.23. The number of nitrogens with one attached hydrogen (secondary N) is 1. The molecule has 2 aromatic carbocycles. The number of carbonyl (C=O) groups is 1. The van der Waals surface area contributed by atoms with Gasteiger partial charge in [-0.15, -0.1) is 0 Å². The Morgan fingerprint density at radius 3 is 2.62 bits per heavy atom. The number of halogens is 1. The molecule has 7 heteroatoms. The topological polar surface area (TPSA) is 98.3 Å². The zero-order valence-electron chi connectivity index (χ0n) is 10.9. The molecule has 21 heavy (non-hydrogen) atoms. The minimum atomic E-state index is -0.625. The SMILES string of the molecule is Nc1c(C(=O)NCc2ccccc2Cl)cccc1[N+](=O)[O-]. The smallest absolute Gasteiger partial charge is 0.292 e. The van der Waals surface area contributed by atoms with E-state index in [2.05, 4.69) is 5.32 Å². The highest BCUT2D eigenvalue weighted by Gasteiger charge is 2.18. The first-order valence-electron chi connectivity index (χ1n) is 6.05. The maximum absolute atomic E-state index is 12.1. The molecule has 1 amide bonds. The summed E-state index contributed by atoms with van der Waals surface area (Å²) in [6, 6.07) is 11.2. The summed E-state index contributed by atoms with van der Waals surface area (Å²) in [5, 5.41) is 14.0. The van der Waals surface area contributed by atoms with E-state index in [1.54, 1.807) is 24.3 Å². The third kappa shape index (κ3) is 3.29. The first-order chi connectivity index (χ1) is 10.0. The van der Waals surface area contributed by atoms with Crippen LogP contribution < -0.4 is 11.1 Å². The lowest BCUT2D eigenvalue weighted by Gasteiger charge is -2.08. The summed E-state index contributed by atoms with van der Waals surface area (Å²) in [5.41, 5.74) is 6.02. The molecular weight excluding hydrogens is 294 g/mol. The number of nitrogens with two attached hydrogens (primary N) is 1. The molecule has 0 spiro atoms. The van der Waals surface area contributed by atoms with Crippen LogP contribution in [0.25, 0.3) is 0 Å². The van der Waals surface area contributed by atoms with Gasteiger partial charge in [0.2, 0.25) is 0 Å². The summed E-state index contributed by atoms with van der Waals surface area (Å²) in [7, 11) is 0. The van der Waals surface area contributed by atoms with Crippen LogP contribution in [0.1, 0.15) is 15.9 Å². The number of amides is 1. The van der Waals surface area contributed by atoms with E-state index in [1.165, 1.54) is 18.2 Å². The highest BCUT2D eigenvalue weighted by Crippen LogP contribution is 2.24. The van der Waals surface area contributed by atoms with Gasteiger partial charge in [-0.25, -0.2) is 0 Å². The van der Waals surface area contributed by atoms with Crippen LogP contribution in [0.5, 0.6) is 0 Å². The molecule has 0 aliphatic rings.